The number of carbonyl (C=O) groups is 1. The van der Waals surface area contributed by atoms with Crippen LogP contribution >= 0.6 is 11.6 Å². The van der Waals surface area contributed by atoms with E-state index in [4.69, 9.17) is 16.3 Å². The molecule has 2 heterocycles. The van der Waals surface area contributed by atoms with Gasteiger partial charge in [0.15, 0.2) is 5.60 Å². The minimum atomic E-state index is -4.50. The molecule has 0 fully saturated rings. The van der Waals surface area contributed by atoms with Gasteiger partial charge in [-0.15, -0.1) is 0 Å². The zero-order chi connectivity index (χ0) is 25.8. The Hall–Kier alpha value is -3.13. The molecule has 3 rings (SSSR count). The van der Waals surface area contributed by atoms with Crippen molar-refractivity contribution in [1.29, 1.82) is 0 Å². The van der Waals surface area contributed by atoms with Gasteiger partial charge in [0, 0.05) is 42.1 Å². The summed E-state index contributed by atoms with van der Waals surface area (Å²) in [4.78, 5) is 21.0. The number of nitrogens with zero attached hydrogens (tertiary/aromatic N) is 2. The van der Waals surface area contributed by atoms with Crippen LogP contribution < -0.4 is 10.1 Å². The fourth-order valence-electron chi connectivity index (χ4n) is 3.69. The second kappa shape index (κ2) is 10.6. The molecule has 0 radical (unpaired) electrons. The molecule has 0 saturated heterocycles. The van der Waals surface area contributed by atoms with E-state index in [1.807, 2.05) is 37.3 Å². The summed E-state index contributed by atoms with van der Waals surface area (Å²) in [6.07, 6.45) is -0.277. The molecule has 1 amide bonds. The highest BCUT2D eigenvalue weighted by molar-refractivity contribution is 6.30. The van der Waals surface area contributed by atoms with Gasteiger partial charge in [-0.2, -0.15) is 13.2 Å². The van der Waals surface area contributed by atoms with E-state index in [1.54, 1.807) is 12.4 Å². The molecule has 0 saturated carbocycles. The molecule has 0 aliphatic heterocycles. The van der Waals surface area contributed by atoms with Crippen molar-refractivity contribution in [3.63, 3.8) is 0 Å². The average molecular weight is 506 g/mol. The topological polar surface area (TPSA) is 64.1 Å². The van der Waals surface area contributed by atoms with Crippen molar-refractivity contribution < 1.29 is 22.7 Å². The minimum absolute atomic E-state index is 0.0248. The Morgan fingerprint density at radius 2 is 1.74 bits per heavy atom. The maximum atomic E-state index is 13.0. The number of hydrogen-bond donors (Lipinski definition) is 1. The van der Waals surface area contributed by atoms with Crippen LogP contribution in [0.5, 0.6) is 5.88 Å². The molecule has 5 nitrogen and oxygen atoms in total. The van der Waals surface area contributed by atoms with E-state index in [0.29, 0.717) is 17.8 Å². The minimum Gasteiger partial charge on any atom is -0.462 e. The number of aromatic nitrogens is 2. The van der Waals surface area contributed by atoms with Gasteiger partial charge in [-0.3, -0.25) is 9.78 Å². The maximum absolute atomic E-state index is 13.0. The van der Waals surface area contributed by atoms with Crippen molar-refractivity contribution in [2.75, 3.05) is 6.54 Å². The van der Waals surface area contributed by atoms with Gasteiger partial charge in [-0.05, 0) is 61.6 Å². The summed E-state index contributed by atoms with van der Waals surface area (Å²) in [5, 5.41) is 3.57. The first-order valence-electron chi connectivity index (χ1n) is 11.0. The molecule has 35 heavy (non-hydrogen) atoms. The molecule has 0 aliphatic carbocycles. The van der Waals surface area contributed by atoms with E-state index in [9.17, 15) is 18.0 Å². The van der Waals surface area contributed by atoms with Crippen LogP contribution in [0.1, 0.15) is 54.9 Å². The number of rotatable bonds is 8. The first-order chi connectivity index (χ1) is 16.4. The summed E-state index contributed by atoms with van der Waals surface area (Å²) in [6, 6.07) is 11.6. The molecule has 2 aromatic heterocycles. The molecule has 3 aromatic rings. The van der Waals surface area contributed by atoms with Crippen molar-refractivity contribution in [1.82, 2.24) is 15.3 Å². The average Bonchev–Trinajstić information content (AvgIpc) is 2.79. The summed E-state index contributed by atoms with van der Waals surface area (Å²) in [6.45, 7) is 7.38. The van der Waals surface area contributed by atoms with Crippen LogP contribution in [0.2, 0.25) is 5.02 Å². The van der Waals surface area contributed by atoms with Gasteiger partial charge >= 0.3 is 6.18 Å². The number of ether oxygens (including phenoxy) is 1. The molecule has 186 valence electrons. The Morgan fingerprint density at radius 1 is 1.06 bits per heavy atom. The lowest BCUT2D eigenvalue weighted by Gasteiger charge is -2.29. The lowest BCUT2D eigenvalue weighted by atomic mass is 9.82. The van der Waals surface area contributed by atoms with Gasteiger partial charge in [0.25, 0.3) is 5.91 Å². The lowest BCUT2D eigenvalue weighted by Crippen LogP contribution is -2.48. The summed E-state index contributed by atoms with van der Waals surface area (Å²) in [5.41, 5.74) is 0.763. The zero-order valence-electron chi connectivity index (χ0n) is 19.9. The van der Waals surface area contributed by atoms with Crippen LogP contribution in [-0.2, 0) is 11.0 Å². The third kappa shape index (κ3) is 6.94. The second-order valence-corrected chi connectivity index (χ2v) is 9.38. The monoisotopic (exact) mass is 505 g/mol. The quantitative estimate of drug-likeness (QED) is 0.389. The van der Waals surface area contributed by atoms with Gasteiger partial charge in [0.05, 0.1) is 5.56 Å². The highest BCUT2D eigenvalue weighted by Crippen LogP contribution is 2.33. The summed E-state index contributed by atoms with van der Waals surface area (Å²) < 4.78 is 44.0. The van der Waals surface area contributed by atoms with Crippen molar-refractivity contribution in [3.05, 3.63) is 88.3 Å². The molecule has 0 aliphatic rings. The standard InChI is InChI=1S/C26H27ClF3N3O2/c1-16-11-19(13-31-12-16)22(17(2)18-5-8-21(27)9-6-18)15-33-24(34)25(3,4)35-23-10-7-20(14-32-23)26(28,29)30/h5-14,17,22H,15H2,1-4H3,(H,33,34). The highest BCUT2D eigenvalue weighted by atomic mass is 35.5. The van der Waals surface area contributed by atoms with Crippen LogP contribution in [-0.4, -0.2) is 28.0 Å². The van der Waals surface area contributed by atoms with E-state index in [0.717, 1.165) is 28.8 Å². The maximum Gasteiger partial charge on any atom is 0.417 e. The summed E-state index contributed by atoms with van der Waals surface area (Å²) in [5.74, 6) is -0.579. The number of amides is 1. The van der Waals surface area contributed by atoms with Crippen LogP contribution in [0.25, 0.3) is 0 Å². The van der Waals surface area contributed by atoms with Crippen molar-refractivity contribution in [2.45, 2.75) is 51.3 Å². The number of halogens is 4. The van der Waals surface area contributed by atoms with E-state index >= 15 is 0 Å². The third-order valence-corrected chi connectivity index (χ3v) is 6.03. The number of carbonyl (C=O) groups excluding carboxylic acids is 1. The van der Waals surface area contributed by atoms with Crippen LogP contribution in [0.4, 0.5) is 13.2 Å². The third-order valence-electron chi connectivity index (χ3n) is 5.78. The molecular weight excluding hydrogens is 479 g/mol. The second-order valence-electron chi connectivity index (χ2n) is 8.95. The van der Waals surface area contributed by atoms with Gasteiger partial charge in [0.1, 0.15) is 0 Å². The predicted molar refractivity (Wildman–Crippen MR) is 129 cm³/mol. The van der Waals surface area contributed by atoms with Crippen molar-refractivity contribution in [3.8, 4) is 5.88 Å². The fraction of sp³-hybridized carbons (Fsp3) is 0.346. The SMILES string of the molecule is Cc1cncc(C(CNC(=O)C(C)(C)Oc2ccc(C(F)(F)F)cn2)C(C)c2ccc(Cl)cc2)c1. The number of alkyl halides is 3. The Balaban J connectivity index is 1.75. The Morgan fingerprint density at radius 3 is 2.31 bits per heavy atom. The number of benzene rings is 1. The van der Waals surface area contributed by atoms with E-state index in [1.165, 1.54) is 13.8 Å². The van der Waals surface area contributed by atoms with Crippen molar-refractivity contribution in [2.24, 2.45) is 0 Å². The van der Waals surface area contributed by atoms with Gasteiger partial charge in [-0.1, -0.05) is 36.7 Å². The molecule has 2 atom stereocenters. The first-order valence-corrected chi connectivity index (χ1v) is 11.4. The van der Waals surface area contributed by atoms with Gasteiger partial charge in [0.2, 0.25) is 5.88 Å². The first kappa shape index (κ1) is 26.5. The van der Waals surface area contributed by atoms with E-state index in [2.05, 4.69) is 22.2 Å². The lowest BCUT2D eigenvalue weighted by molar-refractivity contribution is -0.138. The van der Waals surface area contributed by atoms with Crippen LogP contribution in [0.3, 0.4) is 0 Å². The number of pyridine rings is 2. The Bertz CT molecular complexity index is 1150. The molecule has 9 heteroatoms. The molecule has 0 bridgehead atoms. The molecule has 2 unspecified atom stereocenters. The smallest absolute Gasteiger partial charge is 0.417 e. The van der Waals surface area contributed by atoms with Gasteiger partial charge in [-0.25, -0.2) is 4.98 Å². The zero-order valence-corrected chi connectivity index (χ0v) is 20.6. The molecule has 1 aromatic carbocycles. The Labute approximate surface area is 207 Å². The Kier molecular flexibility index (Phi) is 8.05. The molecule has 1 N–H and O–H groups in total. The number of aryl methyl sites for hydroxylation is 1. The largest absolute Gasteiger partial charge is 0.462 e. The highest BCUT2D eigenvalue weighted by Gasteiger charge is 2.34. The van der Waals surface area contributed by atoms with E-state index in [-0.39, 0.29) is 17.7 Å². The number of hydrogen-bond acceptors (Lipinski definition) is 4. The van der Waals surface area contributed by atoms with Crippen molar-refractivity contribution >= 4 is 17.5 Å². The van der Waals surface area contributed by atoms with Crippen LogP contribution in [0, 0.1) is 6.92 Å². The van der Waals surface area contributed by atoms with E-state index < -0.39 is 23.2 Å². The molecular formula is C26H27ClF3N3O2. The van der Waals surface area contributed by atoms with Crippen LogP contribution in [0.15, 0.2) is 61.1 Å². The van der Waals surface area contributed by atoms with Gasteiger partial charge < -0.3 is 10.1 Å². The summed E-state index contributed by atoms with van der Waals surface area (Å²) >= 11 is 6.04. The normalized spacial score (nSPS) is 13.7. The predicted octanol–water partition coefficient (Wildman–Crippen LogP) is 6.32. The number of nitrogens with one attached hydrogen (secondary N) is 1. The summed E-state index contributed by atoms with van der Waals surface area (Å²) in [7, 11) is 0. The fourth-order valence-corrected chi connectivity index (χ4v) is 3.82. The molecule has 0 spiro atoms.